The van der Waals surface area contributed by atoms with Gasteiger partial charge in [0.2, 0.25) is 0 Å². The van der Waals surface area contributed by atoms with Gasteiger partial charge in [-0.05, 0) is 12.1 Å². The first-order chi connectivity index (χ1) is 9.29. The van der Waals surface area contributed by atoms with E-state index in [0.717, 1.165) is 17.1 Å². The second-order valence-electron chi connectivity index (χ2n) is 4.04. The number of thiazole rings is 1. The van der Waals surface area contributed by atoms with E-state index in [2.05, 4.69) is 10.3 Å². The third kappa shape index (κ3) is 4.15. The molecule has 0 aliphatic rings. The van der Waals surface area contributed by atoms with Crippen molar-refractivity contribution in [2.24, 2.45) is 0 Å². The molecule has 0 aliphatic heterocycles. The van der Waals surface area contributed by atoms with Crippen molar-refractivity contribution in [3.05, 3.63) is 52.0 Å². The van der Waals surface area contributed by atoms with Gasteiger partial charge in [-0.1, -0.05) is 18.2 Å². The number of amides is 1. The Bertz CT molecular complexity index is 525. The summed E-state index contributed by atoms with van der Waals surface area (Å²) in [5.74, 6) is -0.0482. The zero-order valence-corrected chi connectivity index (χ0v) is 11.6. The fourth-order valence-corrected chi connectivity index (χ4v) is 2.45. The van der Waals surface area contributed by atoms with E-state index in [0.29, 0.717) is 18.7 Å². The fraction of sp³-hybridized carbons (Fsp3) is 0.286. The number of benzene rings is 1. The molecule has 5 heteroatoms. The first kappa shape index (κ1) is 13.7. The number of rotatable bonds is 6. The maximum absolute atomic E-state index is 11.8. The predicted octanol–water partition coefficient (Wildman–Crippen LogP) is 2.26. The summed E-state index contributed by atoms with van der Waals surface area (Å²) in [6.07, 6.45) is 0.735. The number of aromatic nitrogens is 1. The van der Waals surface area contributed by atoms with Crippen LogP contribution in [0.4, 0.5) is 0 Å². The van der Waals surface area contributed by atoms with Gasteiger partial charge in [0.25, 0.3) is 5.91 Å². The molecule has 0 radical (unpaired) electrons. The SMILES string of the molecule is COCc1nc(CCNC(=O)c2ccccc2)cs1. The van der Waals surface area contributed by atoms with Gasteiger partial charge in [0.05, 0.1) is 12.3 Å². The van der Waals surface area contributed by atoms with Gasteiger partial charge in [0.1, 0.15) is 5.01 Å². The molecule has 0 unspecified atom stereocenters. The van der Waals surface area contributed by atoms with Crippen molar-refractivity contribution in [3.63, 3.8) is 0 Å². The fourth-order valence-electron chi connectivity index (χ4n) is 1.65. The molecule has 0 saturated carbocycles. The number of hydrogen-bond acceptors (Lipinski definition) is 4. The lowest BCUT2D eigenvalue weighted by atomic mass is 10.2. The Kier molecular flexibility index (Phi) is 5.06. The number of nitrogens with one attached hydrogen (secondary N) is 1. The molecule has 0 atom stereocenters. The largest absolute Gasteiger partial charge is 0.378 e. The van der Waals surface area contributed by atoms with E-state index in [4.69, 9.17) is 4.74 Å². The van der Waals surface area contributed by atoms with Gasteiger partial charge >= 0.3 is 0 Å². The highest BCUT2D eigenvalue weighted by Gasteiger charge is 2.05. The number of carbonyl (C=O) groups excluding carboxylic acids is 1. The molecule has 1 amide bonds. The lowest BCUT2D eigenvalue weighted by Gasteiger charge is -2.03. The zero-order valence-electron chi connectivity index (χ0n) is 10.8. The molecule has 1 N–H and O–H groups in total. The van der Waals surface area contributed by atoms with Crippen molar-refractivity contribution < 1.29 is 9.53 Å². The van der Waals surface area contributed by atoms with E-state index in [1.807, 2.05) is 23.6 Å². The Morgan fingerprint density at radius 1 is 1.37 bits per heavy atom. The maximum Gasteiger partial charge on any atom is 0.251 e. The molecular formula is C14H16N2O2S. The average molecular weight is 276 g/mol. The Morgan fingerprint density at radius 3 is 2.89 bits per heavy atom. The smallest absolute Gasteiger partial charge is 0.251 e. The molecule has 19 heavy (non-hydrogen) atoms. The van der Waals surface area contributed by atoms with Gasteiger partial charge in [0.15, 0.2) is 0 Å². The van der Waals surface area contributed by atoms with Crippen molar-refractivity contribution in [2.45, 2.75) is 13.0 Å². The van der Waals surface area contributed by atoms with Gasteiger partial charge < -0.3 is 10.1 Å². The first-order valence-electron chi connectivity index (χ1n) is 6.05. The van der Waals surface area contributed by atoms with E-state index in [1.54, 1.807) is 30.6 Å². The number of nitrogens with zero attached hydrogens (tertiary/aromatic N) is 1. The molecule has 1 heterocycles. The highest BCUT2D eigenvalue weighted by atomic mass is 32.1. The minimum Gasteiger partial charge on any atom is -0.378 e. The Labute approximate surface area is 116 Å². The summed E-state index contributed by atoms with van der Waals surface area (Å²) >= 11 is 1.58. The van der Waals surface area contributed by atoms with Crippen LogP contribution in [-0.4, -0.2) is 24.5 Å². The highest BCUT2D eigenvalue weighted by Crippen LogP contribution is 2.10. The standard InChI is InChI=1S/C14H16N2O2S/c1-18-9-13-16-12(10-19-13)7-8-15-14(17)11-5-3-2-4-6-11/h2-6,10H,7-9H2,1H3,(H,15,17). The van der Waals surface area contributed by atoms with Gasteiger partial charge in [-0.15, -0.1) is 11.3 Å². The molecule has 4 nitrogen and oxygen atoms in total. The molecule has 100 valence electrons. The molecule has 1 aromatic heterocycles. The Hall–Kier alpha value is -1.72. The molecule has 0 spiro atoms. The molecule has 2 rings (SSSR count). The van der Waals surface area contributed by atoms with Crippen molar-refractivity contribution in [1.29, 1.82) is 0 Å². The van der Waals surface area contributed by atoms with Crippen LogP contribution in [0, 0.1) is 0 Å². The number of hydrogen-bond donors (Lipinski definition) is 1. The van der Waals surface area contributed by atoms with Gasteiger partial charge in [0, 0.05) is 31.0 Å². The molecule has 1 aromatic carbocycles. The normalized spacial score (nSPS) is 10.4. The van der Waals surface area contributed by atoms with Crippen LogP contribution >= 0.6 is 11.3 Å². The Balaban J connectivity index is 1.78. The van der Waals surface area contributed by atoms with Gasteiger partial charge in [-0.3, -0.25) is 4.79 Å². The second kappa shape index (κ2) is 7.01. The van der Waals surface area contributed by atoms with E-state index in [-0.39, 0.29) is 5.91 Å². The van der Waals surface area contributed by atoms with E-state index in [1.165, 1.54) is 0 Å². The summed E-state index contributed by atoms with van der Waals surface area (Å²) < 4.78 is 5.02. The number of methoxy groups -OCH3 is 1. The van der Waals surface area contributed by atoms with Crippen LogP contribution in [0.2, 0.25) is 0 Å². The first-order valence-corrected chi connectivity index (χ1v) is 6.93. The number of carbonyl (C=O) groups is 1. The van der Waals surface area contributed by atoms with Crippen molar-refractivity contribution in [3.8, 4) is 0 Å². The lowest BCUT2D eigenvalue weighted by molar-refractivity contribution is 0.0954. The minimum atomic E-state index is -0.0482. The minimum absolute atomic E-state index is 0.0482. The average Bonchev–Trinajstić information content (AvgIpc) is 2.88. The molecule has 2 aromatic rings. The molecular weight excluding hydrogens is 260 g/mol. The zero-order chi connectivity index (χ0) is 13.5. The maximum atomic E-state index is 11.8. The van der Waals surface area contributed by atoms with E-state index < -0.39 is 0 Å². The molecule has 0 saturated heterocycles. The number of ether oxygens (including phenoxy) is 1. The van der Waals surface area contributed by atoms with Crippen molar-refractivity contribution >= 4 is 17.2 Å². The molecule has 0 bridgehead atoms. The summed E-state index contributed by atoms with van der Waals surface area (Å²) in [5, 5.41) is 5.85. The van der Waals surface area contributed by atoms with Crippen molar-refractivity contribution in [1.82, 2.24) is 10.3 Å². The van der Waals surface area contributed by atoms with Crippen LogP contribution < -0.4 is 5.32 Å². The third-order valence-electron chi connectivity index (χ3n) is 2.57. The third-order valence-corrected chi connectivity index (χ3v) is 3.44. The van der Waals surface area contributed by atoms with Crippen LogP contribution in [0.3, 0.4) is 0 Å². The van der Waals surface area contributed by atoms with Crippen molar-refractivity contribution in [2.75, 3.05) is 13.7 Å². The predicted molar refractivity (Wildman–Crippen MR) is 75.3 cm³/mol. The monoisotopic (exact) mass is 276 g/mol. The van der Waals surface area contributed by atoms with Crippen LogP contribution in [0.15, 0.2) is 35.7 Å². The van der Waals surface area contributed by atoms with Crippen LogP contribution in [0.5, 0.6) is 0 Å². The molecule has 0 aliphatic carbocycles. The topological polar surface area (TPSA) is 51.2 Å². The second-order valence-corrected chi connectivity index (χ2v) is 4.98. The summed E-state index contributed by atoms with van der Waals surface area (Å²) in [6.45, 7) is 1.13. The quantitative estimate of drug-likeness (QED) is 0.880. The summed E-state index contributed by atoms with van der Waals surface area (Å²) in [6, 6.07) is 9.20. The van der Waals surface area contributed by atoms with E-state index in [9.17, 15) is 4.79 Å². The summed E-state index contributed by atoms with van der Waals surface area (Å²) in [7, 11) is 1.65. The molecule has 0 fully saturated rings. The summed E-state index contributed by atoms with van der Waals surface area (Å²) in [5.41, 5.74) is 1.67. The lowest BCUT2D eigenvalue weighted by Crippen LogP contribution is -2.25. The summed E-state index contributed by atoms with van der Waals surface area (Å²) in [4.78, 5) is 16.2. The van der Waals surface area contributed by atoms with Gasteiger partial charge in [-0.2, -0.15) is 0 Å². The van der Waals surface area contributed by atoms with Crippen LogP contribution in [0.1, 0.15) is 21.1 Å². The van der Waals surface area contributed by atoms with Crippen LogP contribution in [0.25, 0.3) is 0 Å². The Morgan fingerprint density at radius 2 is 2.16 bits per heavy atom. The van der Waals surface area contributed by atoms with Gasteiger partial charge in [-0.25, -0.2) is 4.98 Å². The highest BCUT2D eigenvalue weighted by molar-refractivity contribution is 7.09. The van der Waals surface area contributed by atoms with E-state index >= 15 is 0 Å². The van der Waals surface area contributed by atoms with Crippen LogP contribution in [-0.2, 0) is 17.8 Å².